The molecule has 0 fully saturated rings. The van der Waals surface area contributed by atoms with Gasteiger partial charge in [0.05, 0.1) is 12.2 Å². The number of nitrogens with zero attached hydrogens (tertiary/aromatic N) is 1. The summed E-state index contributed by atoms with van der Waals surface area (Å²) in [6, 6.07) is 12.3. The van der Waals surface area contributed by atoms with Gasteiger partial charge in [0.1, 0.15) is 23.4 Å². The summed E-state index contributed by atoms with van der Waals surface area (Å²) in [5.41, 5.74) is 8.82. The van der Waals surface area contributed by atoms with Gasteiger partial charge in [-0.3, -0.25) is 0 Å². The Morgan fingerprint density at radius 1 is 1.24 bits per heavy atom. The van der Waals surface area contributed by atoms with Gasteiger partial charge in [-0.2, -0.15) is 0 Å². The molecule has 0 saturated heterocycles. The van der Waals surface area contributed by atoms with Crippen molar-refractivity contribution < 1.29 is 9.13 Å². The normalized spacial score (nSPS) is 17.2. The van der Waals surface area contributed by atoms with E-state index in [0.717, 1.165) is 30.0 Å². The summed E-state index contributed by atoms with van der Waals surface area (Å²) in [6.07, 6.45) is 1.09. The topological polar surface area (TPSA) is 38.5 Å². The van der Waals surface area contributed by atoms with E-state index < -0.39 is 0 Å². The Labute approximate surface area is 124 Å². The zero-order valence-electron chi connectivity index (χ0n) is 12.1. The number of nitrogens with two attached hydrogens (primary N) is 1. The van der Waals surface area contributed by atoms with Crippen molar-refractivity contribution >= 4 is 11.4 Å². The molecule has 1 atom stereocenters. The average molecular weight is 286 g/mol. The molecular formula is C17H19FN2O. The van der Waals surface area contributed by atoms with E-state index in [2.05, 4.69) is 11.8 Å². The highest BCUT2D eigenvalue weighted by atomic mass is 19.1. The Hall–Kier alpha value is -2.23. The Morgan fingerprint density at radius 3 is 2.71 bits per heavy atom. The molecule has 4 heteroatoms. The number of benzene rings is 2. The third-order valence-corrected chi connectivity index (χ3v) is 3.81. The van der Waals surface area contributed by atoms with Crippen LogP contribution in [0, 0.1) is 5.82 Å². The van der Waals surface area contributed by atoms with Gasteiger partial charge in [-0.1, -0.05) is 25.1 Å². The van der Waals surface area contributed by atoms with E-state index >= 15 is 0 Å². The van der Waals surface area contributed by atoms with Gasteiger partial charge < -0.3 is 15.4 Å². The summed E-state index contributed by atoms with van der Waals surface area (Å²) in [5, 5.41) is 0. The largest absolute Gasteiger partial charge is 0.486 e. The smallest absolute Gasteiger partial charge is 0.145 e. The molecule has 0 radical (unpaired) electrons. The molecule has 1 unspecified atom stereocenters. The van der Waals surface area contributed by atoms with Crippen LogP contribution in [0.15, 0.2) is 42.5 Å². The lowest BCUT2D eigenvalue weighted by molar-refractivity contribution is 0.189. The van der Waals surface area contributed by atoms with E-state index in [0.29, 0.717) is 12.2 Å². The van der Waals surface area contributed by atoms with Crippen molar-refractivity contribution in [2.24, 2.45) is 0 Å². The quantitative estimate of drug-likeness (QED) is 0.876. The van der Waals surface area contributed by atoms with E-state index in [4.69, 9.17) is 10.5 Å². The van der Waals surface area contributed by atoms with Crippen LogP contribution in [-0.4, -0.2) is 12.6 Å². The summed E-state index contributed by atoms with van der Waals surface area (Å²) in [5.74, 6) is 0.613. The molecule has 3 nitrogen and oxygen atoms in total. The van der Waals surface area contributed by atoms with Gasteiger partial charge in [0.15, 0.2) is 0 Å². The molecule has 21 heavy (non-hydrogen) atoms. The zero-order valence-corrected chi connectivity index (χ0v) is 12.1. The maximum absolute atomic E-state index is 13.0. The second kappa shape index (κ2) is 5.64. The summed E-state index contributed by atoms with van der Waals surface area (Å²) < 4.78 is 19.0. The monoisotopic (exact) mass is 286 g/mol. The van der Waals surface area contributed by atoms with Crippen LogP contribution in [0.4, 0.5) is 15.8 Å². The van der Waals surface area contributed by atoms with Crippen LogP contribution in [0.1, 0.15) is 18.9 Å². The highest BCUT2D eigenvalue weighted by Crippen LogP contribution is 2.39. The molecule has 0 aromatic heterocycles. The van der Waals surface area contributed by atoms with E-state index in [1.54, 1.807) is 0 Å². The highest BCUT2D eigenvalue weighted by Gasteiger charge is 2.26. The van der Waals surface area contributed by atoms with Crippen LogP contribution in [0.3, 0.4) is 0 Å². The van der Waals surface area contributed by atoms with Crippen LogP contribution < -0.4 is 15.4 Å². The first-order valence-electron chi connectivity index (χ1n) is 7.22. The molecule has 2 N–H and O–H groups in total. The van der Waals surface area contributed by atoms with Gasteiger partial charge in [0.2, 0.25) is 0 Å². The van der Waals surface area contributed by atoms with Crippen molar-refractivity contribution in [1.29, 1.82) is 0 Å². The minimum Gasteiger partial charge on any atom is -0.486 e. The molecule has 2 aromatic carbocycles. The molecule has 110 valence electrons. The molecule has 0 spiro atoms. The van der Waals surface area contributed by atoms with E-state index in [1.165, 1.54) is 12.1 Å². The maximum Gasteiger partial charge on any atom is 0.145 e. The summed E-state index contributed by atoms with van der Waals surface area (Å²) in [4.78, 5) is 2.22. The number of para-hydroxylation sites is 1. The Kier molecular flexibility index (Phi) is 3.69. The second-order valence-corrected chi connectivity index (χ2v) is 5.35. The fourth-order valence-corrected chi connectivity index (χ4v) is 2.69. The van der Waals surface area contributed by atoms with Crippen molar-refractivity contribution in [2.45, 2.75) is 26.0 Å². The lowest BCUT2D eigenvalue weighted by Gasteiger charge is -2.36. The molecule has 1 aliphatic heterocycles. The fraction of sp³-hybridized carbons (Fsp3) is 0.294. The van der Waals surface area contributed by atoms with Crippen LogP contribution >= 0.6 is 0 Å². The number of hydrogen-bond acceptors (Lipinski definition) is 3. The molecule has 1 heterocycles. The Bertz CT molecular complexity index is 627. The number of ether oxygens (including phenoxy) is 1. The van der Waals surface area contributed by atoms with Gasteiger partial charge in [-0.15, -0.1) is 0 Å². The van der Waals surface area contributed by atoms with E-state index in [-0.39, 0.29) is 11.9 Å². The molecule has 3 rings (SSSR count). The average Bonchev–Trinajstić information content (AvgIpc) is 2.49. The van der Waals surface area contributed by atoms with Crippen molar-refractivity contribution in [2.75, 3.05) is 17.2 Å². The van der Waals surface area contributed by atoms with Gasteiger partial charge in [-0.25, -0.2) is 4.39 Å². The molecule has 0 saturated carbocycles. The number of anilines is 2. The molecule has 0 amide bonds. The standard InChI is InChI=1S/C17H19FN2O/c1-2-14-11-20(10-12-6-8-13(18)9-7-12)17-15(19)4-3-5-16(17)21-14/h3-9,14H,2,10-11,19H2,1H3. The first-order chi connectivity index (χ1) is 10.2. The predicted molar refractivity (Wildman–Crippen MR) is 83.0 cm³/mol. The molecule has 2 aromatic rings. The Morgan fingerprint density at radius 2 is 2.00 bits per heavy atom. The van der Waals surface area contributed by atoms with Crippen LogP contribution in [-0.2, 0) is 6.54 Å². The zero-order chi connectivity index (χ0) is 14.8. The van der Waals surface area contributed by atoms with Crippen molar-refractivity contribution in [3.8, 4) is 5.75 Å². The molecule has 0 bridgehead atoms. The summed E-state index contributed by atoms with van der Waals surface area (Å²) in [6.45, 7) is 3.59. The van der Waals surface area contributed by atoms with Gasteiger partial charge in [0, 0.05) is 6.54 Å². The van der Waals surface area contributed by atoms with E-state index in [1.807, 2.05) is 30.3 Å². The second-order valence-electron chi connectivity index (χ2n) is 5.35. The SMILES string of the molecule is CCC1CN(Cc2ccc(F)cc2)c2c(N)cccc2O1. The van der Waals surface area contributed by atoms with Crippen molar-refractivity contribution in [3.63, 3.8) is 0 Å². The Balaban J connectivity index is 1.92. The van der Waals surface area contributed by atoms with Crippen molar-refractivity contribution in [3.05, 3.63) is 53.8 Å². The fourth-order valence-electron chi connectivity index (χ4n) is 2.69. The van der Waals surface area contributed by atoms with Crippen LogP contribution in [0.25, 0.3) is 0 Å². The predicted octanol–water partition coefficient (Wildman–Crippen LogP) is 3.59. The first-order valence-corrected chi connectivity index (χ1v) is 7.22. The number of nitrogen functional groups attached to an aromatic ring is 1. The lowest BCUT2D eigenvalue weighted by Crippen LogP contribution is -2.39. The molecule has 1 aliphatic rings. The minimum atomic E-state index is -0.216. The summed E-state index contributed by atoms with van der Waals surface area (Å²) >= 11 is 0. The van der Waals surface area contributed by atoms with Gasteiger partial charge in [0.25, 0.3) is 0 Å². The number of hydrogen-bond donors (Lipinski definition) is 1. The lowest BCUT2D eigenvalue weighted by atomic mass is 10.1. The third kappa shape index (κ3) is 2.79. The van der Waals surface area contributed by atoms with Crippen LogP contribution in [0.5, 0.6) is 5.75 Å². The third-order valence-electron chi connectivity index (χ3n) is 3.81. The maximum atomic E-state index is 13.0. The number of fused-ring (bicyclic) bond motifs is 1. The van der Waals surface area contributed by atoms with Crippen LogP contribution in [0.2, 0.25) is 0 Å². The van der Waals surface area contributed by atoms with Gasteiger partial charge in [-0.05, 0) is 36.2 Å². The van der Waals surface area contributed by atoms with Gasteiger partial charge >= 0.3 is 0 Å². The number of halogens is 1. The number of rotatable bonds is 3. The molecule has 0 aliphatic carbocycles. The minimum absolute atomic E-state index is 0.153. The van der Waals surface area contributed by atoms with E-state index in [9.17, 15) is 4.39 Å². The first kappa shape index (κ1) is 13.7. The molecular weight excluding hydrogens is 267 g/mol. The van der Waals surface area contributed by atoms with Crippen molar-refractivity contribution in [1.82, 2.24) is 0 Å². The summed E-state index contributed by atoms with van der Waals surface area (Å²) in [7, 11) is 0. The highest BCUT2D eigenvalue weighted by molar-refractivity contribution is 5.75.